The van der Waals surface area contributed by atoms with Gasteiger partial charge in [0.15, 0.2) is 0 Å². The Labute approximate surface area is 166 Å². The van der Waals surface area contributed by atoms with E-state index in [4.69, 9.17) is 4.74 Å². The van der Waals surface area contributed by atoms with Crippen molar-refractivity contribution in [2.24, 2.45) is 0 Å². The molecule has 1 saturated heterocycles. The Balaban J connectivity index is 1.62. The summed E-state index contributed by atoms with van der Waals surface area (Å²) in [6, 6.07) is 7.78. The minimum absolute atomic E-state index is 0.214. The van der Waals surface area contributed by atoms with Crippen LogP contribution in [0.3, 0.4) is 0 Å². The van der Waals surface area contributed by atoms with Crippen LogP contribution in [0.15, 0.2) is 30.5 Å². The quantitative estimate of drug-likeness (QED) is 0.729. The van der Waals surface area contributed by atoms with E-state index in [1.165, 1.54) is 0 Å². The Bertz CT molecular complexity index is 768. The molecule has 1 fully saturated rings. The molecule has 0 spiro atoms. The number of benzene rings is 1. The highest BCUT2D eigenvalue weighted by Gasteiger charge is 2.14. The van der Waals surface area contributed by atoms with Crippen molar-refractivity contribution in [2.45, 2.75) is 26.7 Å². The lowest BCUT2D eigenvalue weighted by Crippen LogP contribution is -2.39. The van der Waals surface area contributed by atoms with E-state index in [9.17, 15) is 4.79 Å². The second-order valence-electron chi connectivity index (χ2n) is 6.76. The molecule has 1 aromatic heterocycles. The summed E-state index contributed by atoms with van der Waals surface area (Å²) in [6.07, 6.45) is 3.34. The lowest BCUT2D eigenvalue weighted by atomic mass is 10.0. The average molecular weight is 383 g/mol. The molecule has 2 aromatic rings. The first kappa shape index (κ1) is 20.2. The Morgan fingerprint density at radius 3 is 2.54 bits per heavy atom. The molecule has 0 unspecified atom stereocenters. The number of carbonyl (C=O) groups excluding carboxylic acids is 1. The van der Waals surface area contributed by atoms with Gasteiger partial charge in [0.25, 0.3) is 5.91 Å². The Morgan fingerprint density at radius 1 is 1.14 bits per heavy atom. The highest BCUT2D eigenvalue weighted by atomic mass is 16.5. The predicted molar refractivity (Wildman–Crippen MR) is 111 cm³/mol. The van der Waals surface area contributed by atoms with Crippen LogP contribution in [-0.4, -0.2) is 60.2 Å². The van der Waals surface area contributed by atoms with E-state index in [1.807, 2.05) is 18.2 Å². The van der Waals surface area contributed by atoms with Crippen LogP contribution >= 0.6 is 0 Å². The summed E-state index contributed by atoms with van der Waals surface area (Å²) >= 11 is 0. The SMILES string of the molecule is CCc1cccc(CC)c1NC(=O)c1ccnc(NCCN2CCOCC2)n1. The summed E-state index contributed by atoms with van der Waals surface area (Å²) in [5.74, 6) is 0.259. The van der Waals surface area contributed by atoms with Gasteiger partial charge in [0, 0.05) is 38.1 Å². The molecule has 0 radical (unpaired) electrons. The molecule has 3 rings (SSSR count). The van der Waals surface area contributed by atoms with E-state index < -0.39 is 0 Å². The maximum atomic E-state index is 12.8. The fourth-order valence-electron chi connectivity index (χ4n) is 3.30. The number of nitrogens with zero attached hydrogens (tertiary/aromatic N) is 3. The van der Waals surface area contributed by atoms with Crippen molar-refractivity contribution in [3.05, 3.63) is 47.3 Å². The van der Waals surface area contributed by atoms with Crippen LogP contribution in [0, 0.1) is 0 Å². The summed E-state index contributed by atoms with van der Waals surface area (Å²) < 4.78 is 5.36. The molecular weight excluding hydrogens is 354 g/mol. The molecule has 2 N–H and O–H groups in total. The maximum absolute atomic E-state index is 12.8. The third-order valence-electron chi connectivity index (χ3n) is 4.94. The molecule has 150 valence electrons. The van der Waals surface area contributed by atoms with Crippen LogP contribution in [-0.2, 0) is 17.6 Å². The molecule has 0 aliphatic carbocycles. The van der Waals surface area contributed by atoms with E-state index in [2.05, 4.69) is 39.3 Å². The largest absolute Gasteiger partial charge is 0.379 e. The number of aryl methyl sites for hydroxylation is 2. The van der Waals surface area contributed by atoms with Gasteiger partial charge in [-0.25, -0.2) is 9.97 Å². The number of aromatic nitrogens is 2. The molecule has 7 nitrogen and oxygen atoms in total. The van der Waals surface area contributed by atoms with Gasteiger partial charge in [0.05, 0.1) is 13.2 Å². The molecule has 0 saturated carbocycles. The third-order valence-corrected chi connectivity index (χ3v) is 4.94. The third kappa shape index (κ3) is 5.27. The molecule has 1 aromatic carbocycles. The van der Waals surface area contributed by atoms with E-state index in [1.54, 1.807) is 12.3 Å². The monoisotopic (exact) mass is 383 g/mol. The van der Waals surface area contributed by atoms with Crippen molar-refractivity contribution in [1.29, 1.82) is 0 Å². The number of carbonyl (C=O) groups is 1. The Morgan fingerprint density at radius 2 is 1.86 bits per heavy atom. The van der Waals surface area contributed by atoms with Gasteiger partial charge in [-0.2, -0.15) is 0 Å². The number of morpholine rings is 1. The van der Waals surface area contributed by atoms with Gasteiger partial charge in [-0.15, -0.1) is 0 Å². The van der Waals surface area contributed by atoms with Crippen molar-refractivity contribution in [3.63, 3.8) is 0 Å². The first-order valence-corrected chi connectivity index (χ1v) is 10.0. The average Bonchev–Trinajstić information content (AvgIpc) is 2.75. The molecule has 1 aliphatic heterocycles. The van der Waals surface area contributed by atoms with Crippen LogP contribution in [0.4, 0.5) is 11.6 Å². The second-order valence-corrected chi connectivity index (χ2v) is 6.76. The number of amides is 1. The fraction of sp³-hybridized carbons (Fsp3) is 0.476. The smallest absolute Gasteiger partial charge is 0.274 e. The van der Waals surface area contributed by atoms with Gasteiger partial charge in [-0.05, 0) is 30.0 Å². The summed E-state index contributed by atoms with van der Waals surface area (Å²) in [5, 5.41) is 6.26. The van der Waals surface area contributed by atoms with E-state index in [-0.39, 0.29) is 5.91 Å². The van der Waals surface area contributed by atoms with Crippen molar-refractivity contribution >= 4 is 17.5 Å². The zero-order valence-electron chi connectivity index (χ0n) is 16.7. The molecule has 7 heteroatoms. The minimum Gasteiger partial charge on any atom is -0.379 e. The van der Waals surface area contributed by atoms with Gasteiger partial charge in [0.1, 0.15) is 5.69 Å². The lowest BCUT2D eigenvalue weighted by molar-refractivity contribution is 0.0398. The van der Waals surface area contributed by atoms with E-state index in [0.717, 1.165) is 69.0 Å². The van der Waals surface area contributed by atoms with E-state index in [0.29, 0.717) is 11.6 Å². The van der Waals surface area contributed by atoms with Crippen molar-refractivity contribution < 1.29 is 9.53 Å². The minimum atomic E-state index is -0.214. The molecule has 0 bridgehead atoms. The Hall–Kier alpha value is -2.51. The number of nitrogens with one attached hydrogen (secondary N) is 2. The van der Waals surface area contributed by atoms with Crippen LogP contribution < -0.4 is 10.6 Å². The standard InChI is InChI=1S/C21H29N5O2/c1-3-16-6-5-7-17(4-2)19(16)25-20(27)18-8-9-22-21(24-18)23-10-11-26-12-14-28-15-13-26/h5-9H,3-4,10-15H2,1-2H3,(H,25,27)(H,22,23,24). The number of anilines is 2. The number of para-hydroxylation sites is 1. The maximum Gasteiger partial charge on any atom is 0.274 e. The van der Waals surface area contributed by atoms with Gasteiger partial charge in [-0.3, -0.25) is 9.69 Å². The van der Waals surface area contributed by atoms with Gasteiger partial charge in [0.2, 0.25) is 5.95 Å². The molecule has 28 heavy (non-hydrogen) atoms. The zero-order chi connectivity index (χ0) is 19.8. The number of rotatable bonds is 8. The topological polar surface area (TPSA) is 79.4 Å². The van der Waals surface area contributed by atoms with Crippen LogP contribution in [0.2, 0.25) is 0 Å². The Kier molecular flexibility index (Phi) is 7.33. The molecule has 1 amide bonds. The summed E-state index contributed by atoms with van der Waals surface area (Å²) in [6.45, 7) is 9.26. The number of hydrogen-bond donors (Lipinski definition) is 2. The summed E-state index contributed by atoms with van der Waals surface area (Å²) in [5.41, 5.74) is 3.52. The first-order valence-electron chi connectivity index (χ1n) is 10.0. The van der Waals surface area contributed by atoms with Crippen molar-refractivity contribution in [1.82, 2.24) is 14.9 Å². The zero-order valence-corrected chi connectivity index (χ0v) is 16.7. The molecule has 0 atom stereocenters. The number of hydrogen-bond acceptors (Lipinski definition) is 6. The summed E-state index contributed by atoms with van der Waals surface area (Å²) in [7, 11) is 0. The molecule has 2 heterocycles. The van der Waals surface area contributed by atoms with Gasteiger partial charge in [-0.1, -0.05) is 32.0 Å². The highest BCUT2D eigenvalue weighted by molar-refractivity contribution is 6.03. The van der Waals surface area contributed by atoms with Crippen LogP contribution in [0.5, 0.6) is 0 Å². The van der Waals surface area contributed by atoms with Gasteiger partial charge >= 0.3 is 0 Å². The van der Waals surface area contributed by atoms with Crippen LogP contribution in [0.25, 0.3) is 0 Å². The highest BCUT2D eigenvalue weighted by Crippen LogP contribution is 2.23. The van der Waals surface area contributed by atoms with Gasteiger partial charge < -0.3 is 15.4 Å². The first-order chi connectivity index (χ1) is 13.7. The normalized spacial score (nSPS) is 14.6. The van der Waals surface area contributed by atoms with Crippen molar-refractivity contribution in [2.75, 3.05) is 50.0 Å². The molecule has 1 aliphatic rings. The second kappa shape index (κ2) is 10.1. The molecular formula is C21H29N5O2. The van der Waals surface area contributed by atoms with E-state index >= 15 is 0 Å². The summed E-state index contributed by atoms with van der Waals surface area (Å²) in [4.78, 5) is 23.7. The lowest BCUT2D eigenvalue weighted by Gasteiger charge is -2.26. The van der Waals surface area contributed by atoms with Crippen LogP contribution in [0.1, 0.15) is 35.5 Å². The fourth-order valence-corrected chi connectivity index (χ4v) is 3.30. The van der Waals surface area contributed by atoms with Crippen molar-refractivity contribution in [3.8, 4) is 0 Å². The predicted octanol–water partition coefficient (Wildman–Crippen LogP) is 2.60. The number of ether oxygens (including phenoxy) is 1.